The largest absolute Gasteiger partial charge is 0.468 e. The Morgan fingerprint density at radius 2 is 2.24 bits per heavy atom. The van der Waals surface area contributed by atoms with Gasteiger partial charge in [-0.05, 0) is 19.2 Å². The molecule has 0 aliphatic carbocycles. The molecule has 0 fully saturated rings. The Bertz CT molecular complexity index is 299. The molecule has 1 N–H and O–H groups in total. The lowest BCUT2D eigenvalue weighted by Crippen LogP contribution is -2.26. The molecule has 0 spiro atoms. The van der Waals surface area contributed by atoms with Gasteiger partial charge in [-0.3, -0.25) is 4.90 Å². The van der Waals surface area contributed by atoms with Gasteiger partial charge in [0.1, 0.15) is 5.76 Å². The topological polar surface area (TPSA) is 37.6 Å². The molecule has 17 heavy (non-hydrogen) atoms. The number of furan rings is 1. The maximum atomic E-state index is 5.55. The van der Waals surface area contributed by atoms with Crippen molar-refractivity contribution in [3.63, 3.8) is 0 Å². The van der Waals surface area contributed by atoms with Crippen molar-refractivity contribution in [3.8, 4) is 0 Å². The van der Waals surface area contributed by atoms with Gasteiger partial charge in [0, 0.05) is 25.8 Å². The van der Waals surface area contributed by atoms with E-state index in [2.05, 4.69) is 30.1 Å². The Labute approximate surface area is 104 Å². The zero-order valence-corrected chi connectivity index (χ0v) is 11.2. The van der Waals surface area contributed by atoms with Crippen LogP contribution in [0.1, 0.15) is 25.2 Å². The van der Waals surface area contributed by atoms with E-state index in [-0.39, 0.29) is 0 Å². The summed E-state index contributed by atoms with van der Waals surface area (Å²) in [5, 5.41) is 3.29. The Morgan fingerprint density at radius 1 is 1.41 bits per heavy atom. The Hall–Kier alpha value is -0.840. The van der Waals surface area contributed by atoms with Crippen LogP contribution in [0.3, 0.4) is 0 Å². The second-order valence-corrected chi connectivity index (χ2v) is 4.06. The second kappa shape index (κ2) is 8.28. The summed E-state index contributed by atoms with van der Waals surface area (Å²) in [4.78, 5) is 2.30. The minimum atomic E-state index is 0.763. The van der Waals surface area contributed by atoms with Gasteiger partial charge in [-0.2, -0.15) is 0 Å². The molecule has 1 aromatic rings. The van der Waals surface area contributed by atoms with Gasteiger partial charge in [-0.25, -0.2) is 0 Å². The van der Waals surface area contributed by atoms with Crippen LogP contribution < -0.4 is 5.32 Å². The first kappa shape index (κ1) is 14.2. The summed E-state index contributed by atoms with van der Waals surface area (Å²) in [6, 6.07) is 2.12. The van der Waals surface area contributed by atoms with Crippen LogP contribution in [0.25, 0.3) is 0 Å². The fourth-order valence-corrected chi connectivity index (χ4v) is 1.66. The molecule has 98 valence electrons. The lowest BCUT2D eigenvalue weighted by Gasteiger charge is -2.18. The quantitative estimate of drug-likeness (QED) is 0.715. The smallest absolute Gasteiger partial charge is 0.118 e. The molecule has 0 saturated carbocycles. The summed E-state index contributed by atoms with van der Waals surface area (Å²) in [7, 11) is 1.73. The number of hydrogen-bond donors (Lipinski definition) is 1. The molecule has 0 aliphatic rings. The molecule has 0 atom stereocenters. The van der Waals surface area contributed by atoms with Crippen molar-refractivity contribution < 1.29 is 9.15 Å². The highest BCUT2D eigenvalue weighted by Gasteiger charge is 2.07. The lowest BCUT2D eigenvalue weighted by atomic mass is 10.3. The first-order valence-electron chi connectivity index (χ1n) is 6.28. The average molecular weight is 240 g/mol. The number of hydrogen-bond acceptors (Lipinski definition) is 4. The summed E-state index contributed by atoms with van der Waals surface area (Å²) >= 11 is 0. The minimum absolute atomic E-state index is 0.763. The number of rotatable bonds is 9. The molecule has 0 amide bonds. The zero-order valence-electron chi connectivity index (χ0n) is 11.2. The minimum Gasteiger partial charge on any atom is -0.468 e. The van der Waals surface area contributed by atoms with Crippen LogP contribution in [-0.4, -0.2) is 38.3 Å². The maximum Gasteiger partial charge on any atom is 0.118 e. The van der Waals surface area contributed by atoms with Crippen molar-refractivity contribution in [2.24, 2.45) is 0 Å². The lowest BCUT2D eigenvalue weighted by molar-refractivity contribution is 0.143. The van der Waals surface area contributed by atoms with Crippen LogP contribution in [0.2, 0.25) is 0 Å². The number of ether oxygens (including phenoxy) is 1. The molecule has 0 aromatic carbocycles. The van der Waals surface area contributed by atoms with Crippen molar-refractivity contribution in [2.45, 2.75) is 26.9 Å². The summed E-state index contributed by atoms with van der Waals surface area (Å²) in [6.45, 7) is 9.68. The van der Waals surface area contributed by atoms with Crippen LogP contribution >= 0.6 is 0 Å². The molecule has 0 unspecified atom stereocenters. The summed E-state index contributed by atoms with van der Waals surface area (Å²) in [6.07, 6.45) is 1.84. The van der Waals surface area contributed by atoms with Gasteiger partial charge in [0.2, 0.25) is 0 Å². The predicted octanol–water partition coefficient (Wildman–Crippen LogP) is 1.86. The van der Waals surface area contributed by atoms with Crippen molar-refractivity contribution in [3.05, 3.63) is 23.7 Å². The van der Waals surface area contributed by atoms with Gasteiger partial charge in [0.05, 0.1) is 19.4 Å². The van der Waals surface area contributed by atoms with Gasteiger partial charge in [-0.15, -0.1) is 0 Å². The molecule has 1 rings (SSSR count). The van der Waals surface area contributed by atoms with Crippen molar-refractivity contribution >= 4 is 0 Å². The van der Waals surface area contributed by atoms with Crippen LogP contribution in [0.5, 0.6) is 0 Å². The van der Waals surface area contributed by atoms with E-state index in [1.54, 1.807) is 7.11 Å². The van der Waals surface area contributed by atoms with Crippen LogP contribution in [0.15, 0.2) is 16.7 Å². The van der Waals surface area contributed by atoms with E-state index in [0.29, 0.717) is 0 Å². The van der Waals surface area contributed by atoms with Gasteiger partial charge in [0.15, 0.2) is 0 Å². The molecule has 0 radical (unpaired) electrons. The Kier molecular flexibility index (Phi) is 6.93. The molecule has 4 heteroatoms. The van der Waals surface area contributed by atoms with E-state index in [4.69, 9.17) is 9.15 Å². The molecule has 0 aliphatic heterocycles. The normalized spacial score (nSPS) is 11.3. The average Bonchev–Trinajstić information content (AvgIpc) is 2.79. The monoisotopic (exact) mass is 240 g/mol. The highest BCUT2D eigenvalue weighted by molar-refractivity contribution is 5.12. The number of nitrogens with zero attached hydrogens (tertiary/aromatic N) is 1. The van der Waals surface area contributed by atoms with Gasteiger partial charge >= 0.3 is 0 Å². The SMILES string of the molecule is CCNCc1coc(CN(CC)CCOC)c1. The third-order valence-electron chi connectivity index (χ3n) is 2.73. The molecule has 4 nitrogen and oxygen atoms in total. The van der Waals surface area contributed by atoms with Gasteiger partial charge < -0.3 is 14.5 Å². The number of nitrogens with one attached hydrogen (secondary N) is 1. The van der Waals surface area contributed by atoms with E-state index in [9.17, 15) is 0 Å². The fourth-order valence-electron chi connectivity index (χ4n) is 1.66. The van der Waals surface area contributed by atoms with E-state index >= 15 is 0 Å². The van der Waals surface area contributed by atoms with Crippen molar-refractivity contribution in [1.82, 2.24) is 10.2 Å². The highest BCUT2D eigenvalue weighted by Crippen LogP contribution is 2.10. The summed E-state index contributed by atoms with van der Waals surface area (Å²) in [5.74, 6) is 1.02. The second-order valence-electron chi connectivity index (χ2n) is 4.06. The summed E-state index contributed by atoms with van der Waals surface area (Å²) < 4.78 is 10.6. The first-order chi connectivity index (χ1) is 8.30. The number of methoxy groups -OCH3 is 1. The van der Waals surface area contributed by atoms with E-state index < -0.39 is 0 Å². The van der Waals surface area contributed by atoms with Gasteiger partial charge in [-0.1, -0.05) is 13.8 Å². The van der Waals surface area contributed by atoms with E-state index in [1.165, 1.54) is 5.56 Å². The standard InChI is InChI=1S/C13H24N2O2/c1-4-14-9-12-8-13(17-11-12)10-15(5-2)6-7-16-3/h8,11,14H,4-7,9-10H2,1-3H3. The van der Waals surface area contributed by atoms with E-state index in [1.807, 2.05) is 6.26 Å². The van der Waals surface area contributed by atoms with Crippen LogP contribution in [-0.2, 0) is 17.8 Å². The van der Waals surface area contributed by atoms with Crippen LogP contribution in [0.4, 0.5) is 0 Å². The predicted molar refractivity (Wildman–Crippen MR) is 68.9 cm³/mol. The third kappa shape index (κ3) is 5.35. The fraction of sp³-hybridized carbons (Fsp3) is 0.692. The van der Waals surface area contributed by atoms with Crippen LogP contribution in [0, 0.1) is 0 Å². The van der Waals surface area contributed by atoms with Crippen molar-refractivity contribution in [2.75, 3.05) is 33.4 Å². The third-order valence-corrected chi connectivity index (χ3v) is 2.73. The highest BCUT2D eigenvalue weighted by atomic mass is 16.5. The number of likely N-dealkylation sites (N-methyl/N-ethyl adjacent to an activating group) is 1. The first-order valence-corrected chi connectivity index (χ1v) is 6.28. The molecule has 0 saturated heterocycles. The maximum absolute atomic E-state index is 5.55. The van der Waals surface area contributed by atoms with E-state index in [0.717, 1.165) is 45.1 Å². The Balaban J connectivity index is 2.40. The van der Waals surface area contributed by atoms with Crippen molar-refractivity contribution in [1.29, 1.82) is 0 Å². The molecule has 0 bridgehead atoms. The molecular weight excluding hydrogens is 216 g/mol. The Morgan fingerprint density at radius 3 is 2.88 bits per heavy atom. The zero-order chi connectivity index (χ0) is 12.5. The molecule has 1 aromatic heterocycles. The summed E-state index contributed by atoms with van der Waals surface area (Å²) in [5.41, 5.74) is 1.21. The molecular formula is C13H24N2O2. The molecule has 1 heterocycles. The van der Waals surface area contributed by atoms with Gasteiger partial charge in [0.25, 0.3) is 0 Å².